The molecular formula is C23H29F2N5O. The molecule has 0 radical (unpaired) electrons. The average Bonchev–Trinajstić information content (AvgIpc) is 2.68. The number of nitriles is 1. The number of nitrogens with two attached hydrogens (primary N) is 1. The van der Waals surface area contributed by atoms with Gasteiger partial charge in [0.25, 0.3) is 5.91 Å². The lowest BCUT2D eigenvalue weighted by molar-refractivity contribution is 0.0929. The Morgan fingerprint density at radius 3 is 2.26 bits per heavy atom. The number of halogens is 2. The minimum Gasteiger partial charge on any atom is -0.334 e. The summed E-state index contributed by atoms with van der Waals surface area (Å²) < 4.78 is 27.3. The topological polar surface area (TPSA) is 94.5 Å². The molecule has 0 heterocycles. The van der Waals surface area contributed by atoms with Crippen molar-refractivity contribution in [1.29, 1.82) is 5.26 Å². The minimum atomic E-state index is -1.10. The SMILES string of the molecule is CN=C(N(N)c1cc(C(=O)NC(C)(C)C#N)cc(-c2ccc(F)c(F)c2)c1)C(C)(C)C.[HH]. The van der Waals surface area contributed by atoms with Crippen LogP contribution in [-0.4, -0.2) is 24.3 Å². The zero-order valence-electron chi connectivity index (χ0n) is 18.5. The molecule has 2 aromatic rings. The molecule has 0 saturated carbocycles. The summed E-state index contributed by atoms with van der Waals surface area (Å²) in [7, 11) is 1.61. The molecule has 166 valence electrons. The monoisotopic (exact) mass is 429 g/mol. The Hall–Kier alpha value is -3.31. The first kappa shape index (κ1) is 24.0. The fourth-order valence-electron chi connectivity index (χ4n) is 3.03. The van der Waals surface area contributed by atoms with Gasteiger partial charge in [-0.25, -0.2) is 14.6 Å². The molecule has 3 N–H and O–H groups in total. The van der Waals surface area contributed by atoms with E-state index in [1.54, 1.807) is 33.0 Å². The Bertz CT molecular complexity index is 1070. The largest absolute Gasteiger partial charge is 0.334 e. The van der Waals surface area contributed by atoms with Crippen molar-refractivity contribution in [3.05, 3.63) is 53.6 Å². The summed E-state index contributed by atoms with van der Waals surface area (Å²) in [6, 6.07) is 10.2. The lowest BCUT2D eigenvalue weighted by Crippen LogP contribution is -2.45. The van der Waals surface area contributed by atoms with Crippen molar-refractivity contribution in [2.45, 2.75) is 40.2 Å². The van der Waals surface area contributed by atoms with Crippen molar-refractivity contribution in [3.63, 3.8) is 0 Å². The van der Waals surface area contributed by atoms with Crippen LogP contribution in [0.15, 0.2) is 41.4 Å². The molecule has 2 aromatic carbocycles. The maximum atomic E-state index is 13.8. The van der Waals surface area contributed by atoms with E-state index in [4.69, 9.17) is 5.84 Å². The maximum Gasteiger partial charge on any atom is 0.252 e. The molecule has 0 saturated heterocycles. The Balaban J connectivity index is 0.00000512. The van der Waals surface area contributed by atoms with E-state index >= 15 is 0 Å². The number of nitrogens with zero attached hydrogens (tertiary/aromatic N) is 3. The van der Waals surface area contributed by atoms with Gasteiger partial charge in [-0.3, -0.25) is 14.8 Å². The molecule has 0 aromatic heterocycles. The number of benzene rings is 2. The van der Waals surface area contributed by atoms with Crippen LogP contribution in [0.3, 0.4) is 0 Å². The third-order valence-electron chi connectivity index (χ3n) is 4.53. The van der Waals surface area contributed by atoms with Crippen LogP contribution in [0.4, 0.5) is 14.5 Å². The van der Waals surface area contributed by atoms with Crippen LogP contribution >= 0.6 is 0 Å². The van der Waals surface area contributed by atoms with Gasteiger partial charge in [0.1, 0.15) is 11.4 Å². The molecule has 0 aliphatic rings. The number of anilines is 1. The van der Waals surface area contributed by atoms with Crippen molar-refractivity contribution in [2.24, 2.45) is 16.3 Å². The van der Waals surface area contributed by atoms with E-state index in [0.29, 0.717) is 22.6 Å². The van der Waals surface area contributed by atoms with Gasteiger partial charge in [0.2, 0.25) is 0 Å². The van der Waals surface area contributed by atoms with Gasteiger partial charge >= 0.3 is 0 Å². The summed E-state index contributed by atoms with van der Waals surface area (Å²) in [5.74, 6) is 4.42. The average molecular weight is 430 g/mol. The van der Waals surface area contributed by atoms with E-state index in [1.807, 2.05) is 26.8 Å². The molecule has 0 atom stereocenters. The summed E-state index contributed by atoms with van der Waals surface area (Å²) in [6.07, 6.45) is 0. The number of hydrogen-bond donors (Lipinski definition) is 2. The second-order valence-electron chi connectivity index (χ2n) is 8.76. The van der Waals surface area contributed by atoms with Crippen LogP contribution in [0.2, 0.25) is 0 Å². The van der Waals surface area contributed by atoms with Gasteiger partial charge in [-0.05, 0) is 55.3 Å². The predicted molar refractivity (Wildman–Crippen MR) is 121 cm³/mol. The summed E-state index contributed by atoms with van der Waals surface area (Å²) in [6.45, 7) is 8.97. The molecule has 0 fully saturated rings. The molecule has 0 bridgehead atoms. The molecule has 0 aliphatic heterocycles. The smallest absolute Gasteiger partial charge is 0.252 e. The fraction of sp³-hybridized carbons (Fsp3) is 0.348. The van der Waals surface area contributed by atoms with Gasteiger partial charge < -0.3 is 5.32 Å². The van der Waals surface area contributed by atoms with Crippen molar-refractivity contribution in [1.82, 2.24) is 5.32 Å². The lowest BCUT2D eigenvalue weighted by atomic mass is 9.93. The first-order valence-electron chi connectivity index (χ1n) is 9.65. The number of carbonyl (C=O) groups excluding carboxylic acids is 1. The van der Waals surface area contributed by atoms with Crippen molar-refractivity contribution >= 4 is 17.4 Å². The minimum absolute atomic E-state index is 0. The standard InChI is InChI=1S/C23H27F2N5O.H2/c1-22(2,3)21(28-6)30(27)17-10-15(14-7-8-18(24)19(25)12-14)9-16(11-17)20(31)29-23(4,5)13-26;/h7-12H,27H2,1-6H3,(H,29,31);1H. The number of rotatable bonds is 4. The summed E-state index contributed by atoms with van der Waals surface area (Å²) >= 11 is 0. The Morgan fingerprint density at radius 1 is 1.10 bits per heavy atom. The van der Waals surface area contributed by atoms with Crippen LogP contribution in [-0.2, 0) is 0 Å². The van der Waals surface area contributed by atoms with Crippen molar-refractivity contribution in [3.8, 4) is 17.2 Å². The number of hydrogen-bond acceptors (Lipinski definition) is 4. The number of hydrazine groups is 1. The molecule has 6 nitrogen and oxygen atoms in total. The Morgan fingerprint density at radius 2 is 1.74 bits per heavy atom. The van der Waals surface area contributed by atoms with E-state index in [-0.39, 0.29) is 6.99 Å². The van der Waals surface area contributed by atoms with Crippen molar-refractivity contribution < 1.29 is 15.0 Å². The Kier molecular flexibility index (Phi) is 6.82. The van der Waals surface area contributed by atoms with Crippen LogP contribution < -0.4 is 16.2 Å². The second kappa shape index (κ2) is 8.82. The third-order valence-corrected chi connectivity index (χ3v) is 4.53. The van der Waals surface area contributed by atoms with Gasteiger partial charge in [-0.1, -0.05) is 26.8 Å². The highest BCUT2D eigenvalue weighted by Gasteiger charge is 2.26. The zero-order chi connectivity index (χ0) is 23.6. The molecular weight excluding hydrogens is 400 g/mol. The van der Waals surface area contributed by atoms with Gasteiger partial charge in [-0.15, -0.1) is 0 Å². The first-order valence-corrected chi connectivity index (χ1v) is 9.65. The van der Waals surface area contributed by atoms with E-state index in [0.717, 1.165) is 12.1 Å². The molecule has 0 spiro atoms. The third kappa shape index (κ3) is 5.64. The number of carbonyl (C=O) groups is 1. The van der Waals surface area contributed by atoms with Gasteiger partial charge in [-0.2, -0.15) is 5.26 Å². The fourth-order valence-corrected chi connectivity index (χ4v) is 3.03. The van der Waals surface area contributed by atoms with Crippen LogP contribution in [0.25, 0.3) is 11.1 Å². The maximum absolute atomic E-state index is 13.8. The van der Waals surface area contributed by atoms with Gasteiger partial charge in [0.05, 0.1) is 11.8 Å². The lowest BCUT2D eigenvalue weighted by Gasteiger charge is -2.30. The summed E-state index contributed by atoms with van der Waals surface area (Å²) in [5.41, 5.74) is -0.0335. The van der Waals surface area contributed by atoms with Crippen LogP contribution in [0.5, 0.6) is 0 Å². The normalized spacial score (nSPS) is 12.3. The zero-order valence-corrected chi connectivity index (χ0v) is 18.5. The number of nitrogens with one attached hydrogen (secondary N) is 1. The van der Waals surface area contributed by atoms with Gasteiger partial charge in [0.15, 0.2) is 11.6 Å². The predicted octanol–water partition coefficient (Wildman–Crippen LogP) is 4.66. The molecule has 8 heteroatoms. The number of amidine groups is 1. The highest BCUT2D eigenvalue weighted by atomic mass is 19.2. The van der Waals surface area contributed by atoms with E-state index < -0.39 is 28.5 Å². The van der Waals surface area contributed by atoms with Gasteiger partial charge in [0, 0.05) is 19.5 Å². The first-order chi connectivity index (χ1) is 14.3. The van der Waals surface area contributed by atoms with Crippen LogP contribution in [0.1, 0.15) is 46.4 Å². The number of amides is 1. The molecule has 0 aliphatic carbocycles. The van der Waals surface area contributed by atoms with E-state index in [9.17, 15) is 18.8 Å². The summed E-state index contributed by atoms with van der Waals surface area (Å²) in [4.78, 5) is 17.1. The number of aliphatic imine (C=N–C) groups is 1. The molecule has 1 amide bonds. The van der Waals surface area contributed by atoms with Crippen LogP contribution in [0, 0.1) is 28.4 Å². The molecule has 2 rings (SSSR count). The molecule has 31 heavy (non-hydrogen) atoms. The summed E-state index contributed by atoms with van der Waals surface area (Å²) in [5, 5.41) is 13.2. The Labute approximate surface area is 182 Å². The van der Waals surface area contributed by atoms with E-state index in [2.05, 4.69) is 10.3 Å². The van der Waals surface area contributed by atoms with Crippen molar-refractivity contribution in [2.75, 3.05) is 12.1 Å². The quantitative estimate of drug-likeness (QED) is 0.320. The highest BCUT2D eigenvalue weighted by molar-refractivity contribution is 6.03. The molecule has 0 unspecified atom stereocenters. The van der Waals surface area contributed by atoms with E-state index in [1.165, 1.54) is 17.1 Å². The highest BCUT2D eigenvalue weighted by Crippen LogP contribution is 2.30. The second-order valence-corrected chi connectivity index (χ2v) is 8.76.